The minimum absolute atomic E-state index is 0.169. The predicted octanol–water partition coefficient (Wildman–Crippen LogP) is 3.25. The lowest BCUT2D eigenvalue weighted by atomic mass is 9.92. The first-order valence-electron chi connectivity index (χ1n) is 8.58. The van der Waals surface area contributed by atoms with Gasteiger partial charge in [0.2, 0.25) is 5.91 Å². The van der Waals surface area contributed by atoms with E-state index < -0.39 is 0 Å². The van der Waals surface area contributed by atoms with E-state index in [1.54, 1.807) is 0 Å². The molecule has 122 valence electrons. The van der Waals surface area contributed by atoms with Crippen LogP contribution in [0.1, 0.15) is 57.6 Å². The molecule has 2 N–H and O–H groups in total. The Hall–Kier alpha value is -1.35. The van der Waals surface area contributed by atoms with Crippen molar-refractivity contribution in [3.05, 3.63) is 35.4 Å². The van der Waals surface area contributed by atoms with E-state index in [2.05, 4.69) is 62.6 Å². The highest BCUT2D eigenvalue weighted by atomic mass is 16.1. The van der Waals surface area contributed by atoms with Crippen molar-refractivity contribution in [3.8, 4) is 0 Å². The number of rotatable bonds is 5. The van der Waals surface area contributed by atoms with E-state index in [1.165, 1.54) is 11.1 Å². The molecule has 1 unspecified atom stereocenters. The Morgan fingerprint density at radius 1 is 1.27 bits per heavy atom. The van der Waals surface area contributed by atoms with Crippen LogP contribution in [0.2, 0.25) is 0 Å². The van der Waals surface area contributed by atoms with Crippen molar-refractivity contribution >= 4 is 5.91 Å². The zero-order chi connectivity index (χ0) is 16.1. The Morgan fingerprint density at radius 2 is 1.95 bits per heavy atom. The van der Waals surface area contributed by atoms with Crippen LogP contribution in [0.25, 0.3) is 0 Å². The molecular formula is C19H30N2O. The number of nitrogens with one attached hydrogen (secondary N) is 2. The lowest BCUT2D eigenvalue weighted by Crippen LogP contribution is -2.45. The Kier molecular flexibility index (Phi) is 6.01. The molecule has 0 radical (unpaired) electrons. The van der Waals surface area contributed by atoms with Gasteiger partial charge >= 0.3 is 0 Å². The van der Waals surface area contributed by atoms with E-state index in [0.29, 0.717) is 12.0 Å². The van der Waals surface area contributed by atoms with E-state index in [4.69, 9.17) is 0 Å². The average Bonchev–Trinajstić information content (AvgIpc) is 2.47. The molecule has 22 heavy (non-hydrogen) atoms. The normalized spacial score (nSPS) is 23.3. The maximum absolute atomic E-state index is 12.3. The second-order valence-corrected chi connectivity index (χ2v) is 7.09. The average molecular weight is 302 g/mol. The summed E-state index contributed by atoms with van der Waals surface area (Å²) in [6, 6.07) is 9.40. The van der Waals surface area contributed by atoms with Gasteiger partial charge in [-0.1, -0.05) is 38.1 Å². The number of carbonyl (C=O) groups is 1. The van der Waals surface area contributed by atoms with Crippen molar-refractivity contribution < 1.29 is 4.79 Å². The molecule has 0 spiro atoms. The molecule has 3 nitrogen and oxygen atoms in total. The summed E-state index contributed by atoms with van der Waals surface area (Å²) >= 11 is 0. The van der Waals surface area contributed by atoms with Crippen LogP contribution in [0.15, 0.2) is 24.3 Å². The molecule has 0 aromatic heterocycles. The second-order valence-electron chi connectivity index (χ2n) is 7.09. The fraction of sp³-hybridized carbons (Fsp3) is 0.632. The topological polar surface area (TPSA) is 41.1 Å². The van der Waals surface area contributed by atoms with Gasteiger partial charge in [-0.15, -0.1) is 0 Å². The molecule has 1 saturated heterocycles. The van der Waals surface area contributed by atoms with Gasteiger partial charge in [-0.2, -0.15) is 0 Å². The van der Waals surface area contributed by atoms with Crippen molar-refractivity contribution in [2.24, 2.45) is 5.92 Å². The number of amides is 1. The van der Waals surface area contributed by atoms with Crippen LogP contribution in [0.3, 0.4) is 0 Å². The van der Waals surface area contributed by atoms with Crippen LogP contribution < -0.4 is 10.6 Å². The lowest BCUT2D eigenvalue weighted by molar-refractivity contribution is -0.126. The monoisotopic (exact) mass is 302 g/mol. The first-order valence-corrected chi connectivity index (χ1v) is 8.58. The molecule has 1 aliphatic rings. The van der Waals surface area contributed by atoms with Gasteiger partial charge < -0.3 is 10.6 Å². The Morgan fingerprint density at radius 3 is 2.55 bits per heavy atom. The summed E-state index contributed by atoms with van der Waals surface area (Å²) in [6.07, 6.45) is 2.79. The molecule has 1 aliphatic heterocycles. The fourth-order valence-corrected chi connectivity index (χ4v) is 3.17. The highest BCUT2D eigenvalue weighted by molar-refractivity contribution is 5.79. The van der Waals surface area contributed by atoms with Crippen LogP contribution in [-0.4, -0.2) is 24.5 Å². The summed E-state index contributed by atoms with van der Waals surface area (Å²) in [6.45, 7) is 9.61. The highest BCUT2D eigenvalue weighted by Crippen LogP contribution is 2.17. The molecule has 2 rings (SSSR count). The van der Waals surface area contributed by atoms with Gasteiger partial charge in [0.15, 0.2) is 0 Å². The largest absolute Gasteiger partial charge is 0.353 e. The van der Waals surface area contributed by atoms with Crippen molar-refractivity contribution in [1.29, 1.82) is 0 Å². The maximum atomic E-state index is 12.3. The van der Waals surface area contributed by atoms with Crippen molar-refractivity contribution in [2.45, 2.75) is 65.0 Å². The van der Waals surface area contributed by atoms with E-state index in [-0.39, 0.29) is 17.9 Å². The SMILES string of the molecule is CC(Cc1ccc(C(C)C)cc1)NC(=O)[C@H]1CCN[C@@H](C)C1. The molecule has 1 aromatic carbocycles. The molecule has 1 amide bonds. The van der Waals surface area contributed by atoms with Gasteiger partial charge in [-0.05, 0) is 56.7 Å². The van der Waals surface area contributed by atoms with Gasteiger partial charge in [0, 0.05) is 18.0 Å². The quantitative estimate of drug-likeness (QED) is 0.876. The Bertz CT molecular complexity index is 481. The number of benzene rings is 1. The third-order valence-electron chi connectivity index (χ3n) is 4.57. The molecule has 1 aromatic rings. The molecule has 0 aliphatic carbocycles. The van der Waals surface area contributed by atoms with E-state index in [1.807, 2.05) is 0 Å². The summed E-state index contributed by atoms with van der Waals surface area (Å²) in [5.41, 5.74) is 2.65. The standard InChI is InChI=1S/C19H30N2O/c1-13(2)17-7-5-16(6-8-17)11-15(4)21-19(22)18-9-10-20-14(3)12-18/h5-8,13-15,18,20H,9-12H2,1-4H3,(H,21,22)/t14-,15?,18-/m0/s1. The van der Waals surface area contributed by atoms with Crippen LogP contribution in [0.4, 0.5) is 0 Å². The molecule has 1 fully saturated rings. The molecule has 3 heteroatoms. The number of carbonyl (C=O) groups excluding carboxylic acids is 1. The van der Waals surface area contributed by atoms with E-state index in [0.717, 1.165) is 25.8 Å². The van der Waals surface area contributed by atoms with Gasteiger partial charge in [0.05, 0.1) is 0 Å². The zero-order valence-corrected chi connectivity index (χ0v) is 14.4. The zero-order valence-electron chi connectivity index (χ0n) is 14.4. The molecule has 0 bridgehead atoms. The van der Waals surface area contributed by atoms with Crippen LogP contribution in [0, 0.1) is 5.92 Å². The summed E-state index contributed by atoms with van der Waals surface area (Å²) in [4.78, 5) is 12.3. The van der Waals surface area contributed by atoms with Gasteiger partial charge in [0.1, 0.15) is 0 Å². The Labute approximate surface area is 134 Å². The van der Waals surface area contributed by atoms with E-state index in [9.17, 15) is 4.79 Å². The minimum Gasteiger partial charge on any atom is -0.353 e. The van der Waals surface area contributed by atoms with Crippen molar-refractivity contribution in [2.75, 3.05) is 6.54 Å². The van der Waals surface area contributed by atoms with Crippen LogP contribution in [0.5, 0.6) is 0 Å². The highest BCUT2D eigenvalue weighted by Gasteiger charge is 2.25. The van der Waals surface area contributed by atoms with Gasteiger partial charge in [-0.3, -0.25) is 4.79 Å². The molecular weight excluding hydrogens is 272 g/mol. The smallest absolute Gasteiger partial charge is 0.223 e. The predicted molar refractivity (Wildman–Crippen MR) is 92.0 cm³/mol. The van der Waals surface area contributed by atoms with Gasteiger partial charge in [-0.25, -0.2) is 0 Å². The third kappa shape index (κ3) is 4.84. The summed E-state index contributed by atoms with van der Waals surface area (Å²) < 4.78 is 0. The lowest BCUT2D eigenvalue weighted by Gasteiger charge is -2.28. The summed E-state index contributed by atoms with van der Waals surface area (Å²) in [5, 5.41) is 6.58. The Balaban J connectivity index is 1.84. The molecule has 1 heterocycles. The molecule has 3 atom stereocenters. The summed E-state index contributed by atoms with van der Waals surface area (Å²) in [7, 11) is 0. The minimum atomic E-state index is 0.169. The van der Waals surface area contributed by atoms with Crippen LogP contribution >= 0.6 is 0 Å². The number of hydrogen-bond acceptors (Lipinski definition) is 2. The first kappa shape index (κ1) is 17.0. The third-order valence-corrected chi connectivity index (χ3v) is 4.57. The summed E-state index contributed by atoms with van der Waals surface area (Å²) in [5.74, 6) is 0.953. The first-order chi connectivity index (χ1) is 10.5. The second kappa shape index (κ2) is 7.77. The fourth-order valence-electron chi connectivity index (χ4n) is 3.17. The maximum Gasteiger partial charge on any atom is 0.223 e. The number of piperidine rings is 1. The van der Waals surface area contributed by atoms with Crippen molar-refractivity contribution in [1.82, 2.24) is 10.6 Å². The van der Waals surface area contributed by atoms with Crippen LogP contribution in [-0.2, 0) is 11.2 Å². The van der Waals surface area contributed by atoms with Crippen molar-refractivity contribution in [3.63, 3.8) is 0 Å². The number of hydrogen-bond donors (Lipinski definition) is 2. The molecule has 0 saturated carbocycles. The van der Waals surface area contributed by atoms with E-state index >= 15 is 0 Å². The van der Waals surface area contributed by atoms with Gasteiger partial charge in [0.25, 0.3) is 0 Å².